The number of pyridine rings is 1. The summed E-state index contributed by atoms with van der Waals surface area (Å²) in [4.78, 5) is 8.16. The molecule has 8 nitrogen and oxygen atoms in total. The number of hydrogen-bond acceptors (Lipinski definition) is 6. The van der Waals surface area contributed by atoms with Gasteiger partial charge in [-0.1, -0.05) is 6.07 Å². The molecule has 0 aliphatic carbocycles. The Morgan fingerprint density at radius 2 is 2.10 bits per heavy atom. The summed E-state index contributed by atoms with van der Waals surface area (Å²) in [5.74, 6) is 0.247. The second kappa shape index (κ2) is 4.77. The van der Waals surface area contributed by atoms with Gasteiger partial charge in [0.05, 0.1) is 5.69 Å². The van der Waals surface area contributed by atoms with Gasteiger partial charge in [-0.05, 0) is 19.1 Å². The minimum Gasteiger partial charge on any atom is -0.431 e. The SMILES string of the molecule is CNc1nc2ccccn2c1S(=O)(=O)Nc1nc(C)co1. The van der Waals surface area contributed by atoms with Crippen molar-refractivity contribution in [2.45, 2.75) is 11.9 Å². The number of sulfonamides is 1. The van der Waals surface area contributed by atoms with E-state index in [-0.39, 0.29) is 16.9 Å². The van der Waals surface area contributed by atoms with Gasteiger partial charge in [-0.3, -0.25) is 4.40 Å². The molecular weight excluding hydrogens is 294 g/mol. The molecule has 3 aromatic heterocycles. The summed E-state index contributed by atoms with van der Waals surface area (Å²) in [5, 5.41) is 2.78. The van der Waals surface area contributed by atoms with Crippen LogP contribution >= 0.6 is 0 Å². The van der Waals surface area contributed by atoms with Crippen molar-refractivity contribution >= 4 is 27.5 Å². The maximum atomic E-state index is 12.6. The van der Waals surface area contributed by atoms with Crippen molar-refractivity contribution < 1.29 is 12.8 Å². The number of fused-ring (bicyclic) bond motifs is 1. The molecule has 3 heterocycles. The molecule has 2 N–H and O–H groups in total. The minimum absolute atomic E-state index is 0.00328. The normalized spacial score (nSPS) is 11.7. The van der Waals surface area contributed by atoms with E-state index in [1.165, 1.54) is 10.7 Å². The lowest BCUT2D eigenvalue weighted by Gasteiger charge is -2.06. The highest BCUT2D eigenvalue weighted by molar-refractivity contribution is 7.92. The summed E-state index contributed by atoms with van der Waals surface area (Å²) >= 11 is 0. The lowest BCUT2D eigenvalue weighted by atomic mass is 10.5. The minimum atomic E-state index is -3.89. The van der Waals surface area contributed by atoms with Gasteiger partial charge in [0.2, 0.25) is 5.03 Å². The van der Waals surface area contributed by atoms with E-state index < -0.39 is 10.0 Å². The first kappa shape index (κ1) is 13.4. The number of nitrogens with zero attached hydrogens (tertiary/aromatic N) is 3. The van der Waals surface area contributed by atoms with Gasteiger partial charge in [-0.15, -0.1) is 0 Å². The average molecular weight is 307 g/mol. The van der Waals surface area contributed by atoms with Gasteiger partial charge in [0, 0.05) is 13.2 Å². The van der Waals surface area contributed by atoms with Gasteiger partial charge < -0.3 is 9.73 Å². The first-order chi connectivity index (χ1) is 10.0. The van der Waals surface area contributed by atoms with Crippen LogP contribution in [0.5, 0.6) is 0 Å². The molecule has 0 radical (unpaired) electrons. The van der Waals surface area contributed by atoms with Crippen molar-refractivity contribution in [3.8, 4) is 0 Å². The molecule has 0 bridgehead atoms. The van der Waals surface area contributed by atoms with Gasteiger partial charge >= 0.3 is 6.01 Å². The highest BCUT2D eigenvalue weighted by Crippen LogP contribution is 2.24. The molecule has 0 unspecified atom stereocenters. The van der Waals surface area contributed by atoms with Crippen molar-refractivity contribution in [3.63, 3.8) is 0 Å². The molecule has 3 rings (SSSR count). The van der Waals surface area contributed by atoms with Crippen molar-refractivity contribution in [1.82, 2.24) is 14.4 Å². The van der Waals surface area contributed by atoms with Crippen LogP contribution in [0.4, 0.5) is 11.8 Å². The summed E-state index contributed by atoms with van der Waals surface area (Å²) < 4.78 is 33.9. The van der Waals surface area contributed by atoms with Crippen molar-refractivity contribution in [1.29, 1.82) is 0 Å². The topological polar surface area (TPSA) is 102 Å². The van der Waals surface area contributed by atoms with Gasteiger partial charge in [0.1, 0.15) is 11.9 Å². The van der Waals surface area contributed by atoms with E-state index in [2.05, 4.69) is 20.0 Å². The Hall–Kier alpha value is -2.55. The number of aromatic nitrogens is 3. The van der Waals surface area contributed by atoms with Gasteiger partial charge in [0.15, 0.2) is 5.82 Å². The Labute approximate surface area is 120 Å². The fourth-order valence-electron chi connectivity index (χ4n) is 1.96. The standard InChI is InChI=1S/C12H13N5O3S/c1-8-7-20-12(14-8)16-21(18,19)11-10(13-2)15-9-5-3-4-6-17(9)11/h3-7,13H,1-2H3,(H,14,16). The molecule has 110 valence electrons. The van der Waals surface area contributed by atoms with Crippen molar-refractivity contribution in [3.05, 3.63) is 36.4 Å². The zero-order valence-corrected chi connectivity index (χ0v) is 12.2. The molecule has 0 atom stereocenters. The molecular formula is C12H13N5O3S. The first-order valence-electron chi connectivity index (χ1n) is 6.11. The predicted octanol–water partition coefficient (Wildman–Crippen LogP) is 1.47. The second-order valence-electron chi connectivity index (χ2n) is 4.34. The van der Waals surface area contributed by atoms with Crippen molar-refractivity contribution in [2.75, 3.05) is 17.1 Å². The Balaban J connectivity index is 2.13. The maximum absolute atomic E-state index is 12.6. The zero-order chi connectivity index (χ0) is 15.0. The third-order valence-corrected chi connectivity index (χ3v) is 4.16. The smallest absolute Gasteiger partial charge is 0.309 e. The van der Waals surface area contributed by atoms with E-state index in [0.717, 1.165) is 0 Å². The van der Waals surface area contributed by atoms with Gasteiger partial charge in [-0.25, -0.2) is 9.71 Å². The third-order valence-electron chi connectivity index (χ3n) is 2.82. The molecule has 0 saturated heterocycles. The van der Waals surface area contributed by atoms with Gasteiger partial charge in [-0.2, -0.15) is 13.4 Å². The molecule has 21 heavy (non-hydrogen) atoms. The summed E-state index contributed by atoms with van der Waals surface area (Å²) in [7, 11) is -2.29. The maximum Gasteiger partial charge on any atom is 0.309 e. The average Bonchev–Trinajstić information content (AvgIpc) is 3.01. The van der Waals surface area contributed by atoms with Crippen LogP contribution in [0.1, 0.15) is 5.69 Å². The summed E-state index contributed by atoms with van der Waals surface area (Å²) in [6, 6.07) is 5.14. The van der Waals surface area contributed by atoms with E-state index in [1.807, 2.05) is 0 Å². The molecule has 0 amide bonds. The lowest BCUT2D eigenvalue weighted by Crippen LogP contribution is -2.16. The van der Waals surface area contributed by atoms with E-state index >= 15 is 0 Å². The number of aryl methyl sites for hydroxylation is 1. The van der Waals surface area contributed by atoms with Crippen molar-refractivity contribution in [2.24, 2.45) is 0 Å². The fourth-order valence-corrected chi connectivity index (χ4v) is 3.19. The Kier molecular flexibility index (Phi) is 3.05. The van der Waals surface area contributed by atoms with Crippen LogP contribution in [-0.2, 0) is 10.0 Å². The number of nitrogens with one attached hydrogen (secondary N) is 2. The molecule has 0 aromatic carbocycles. The van der Waals surface area contributed by atoms with Crippen LogP contribution in [0.15, 0.2) is 40.1 Å². The second-order valence-corrected chi connectivity index (χ2v) is 5.94. The molecule has 0 spiro atoms. The van der Waals surface area contributed by atoms with Gasteiger partial charge in [0.25, 0.3) is 10.0 Å². The highest BCUT2D eigenvalue weighted by Gasteiger charge is 2.26. The Bertz CT molecular complexity index is 897. The van der Waals surface area contributed by atoms with Crippen LogP contribution in [-0.4, -0.2) is 29.8 Å². The Morgan fingerprint density at radius 3 is 2.76 bits per heavy atom. The van der Waals surface area contributed by atoms with Crippen LogP contribution in [0.2, 0.25) is 0 Å². The third kappa shape index (κ3) is 2.31. The summed E-state index contributed by atoms with van der Waals surface area (Å²) in [6.45, 7) is 1.70. The molecule has 0 aliphatic heterocycles. The van der Waals surface area contributed by atoms with Crippen LogP contribution in [0.3, 0.4) is 0 Å². The quantitative estimate of drug-likeness (QED) is 0.757. The summed E-state index contributed by atoms with van der Waals surface area (Å²) in [6.07, 6.45) is 2.99. The Morgan fingerprint density at radius 1 is 1.29 bits per heavy atom. The van der Waals surface area contributed by atoms with E-state index in [1.54, 1.807) is 38.4 Å². The summed E-state index contributed by atoms with van der Waals surface area (Å²) in [5.41, 5.74) is 1.10. The highest BCUT2D eigenvalue weighted by atomic mass is 32.2. The van der Waals surface area contributed by atoms with Crippen LogP contribution in [0, 0.1) is 6.92 Å². The number of anilines is 2. The number of imidazole rings is 1. The largest absolute Gasteiger partial charge is 0.431 e. The number of hydrogen-bond donors (Lipinski definition) is 2. The van der Waals surface area contributed by atoms with E-state index in [0.29, 0.717) is 11.3 Å². The molecule has 0 aliphatic rings. The van der Waals surface area contributed by atoms with E-state index in [4.69, 9.17) is 4.42 Å². The van der Waals surface area contributed by atoms with E-state index in [9.17, 15) is 8.42 Å². The zero-order valence-electron chi connectivity index (χ0n) is 11.4. The molecule has 0 fully saturated rings. The molecule has 0 saturated carbocycles. The predicted molar refractivity (Wildman–Crippen MR) is 76.8 cm³/mol. The number of rotatable bonds is 4. The molecule has 9 heteroatoms. The van der Waals surface area contributed by atoms with Crippen LogP contribution < -0.4 is 10.0 Å². The number of oxazole rings is 1. The lowest BCUT2D eigenvalue weighted by molar-refractivity contribution is 0.568. The van der Waals surface area contributed by atoms with Crippen LogP contribution in [0.25, 0.3) is 5.65 Å². The monoisotopic (exact) mass is 307 g/mol. The first-order valence-corrected chi connectivity index (χ1v) is 7.59. The molecule has 3 aromatic rings. The fraction of sp³-hybridized carbons (Fsp3) is 0.167.